The van der Waals surface area contributed by atoms with Gasteiger partial charge < -0.3 is 10.4 Å². The molecular formula is C8H17NO. The van der Waals surface area contributed by atoms with Crippen molar-refractivity contribution in [2.45, 2.75) is 32.2 Å². The number of hydrogen-bond acceptors (Lipinski definition) is 2. The molecule has 2 heteroatoms. The molecule has 0 bridgehead atoms. The van der Waals surface area contributed by atoms with Gasteiger partial charge in [-0.15, -0.1) is 0 Å². The molecule has 0 aliphatic heterocycles. The highest BCUT2D eigenvalue weighted by atomic mass is 16.3. The molecule has 0 aromatic carbocycles. The third-order valence-corrected chi connectivity index (χ3v) is 2.38. The minimum atomic E-state index is 0.267. The molecule has 0 radical (unpaired) electrons. The average Bonchev–Trinajstić information content (AvgIpc) is 2.31. The van der Waals surface area contributed by atoms with Crippen molar-refractivity contribution in [2.75, 3.05) is 13.2 Å². The van der Waals surface area contributed by atoms with Gasteiger partial charge in [0.1, 0.15) is 0 Å². The van der Waals surface area contributed by atoms with E-state index in [0.29, 0.717) is 6.04 Å². The maximum absolute atomic E-state index is 8.55. The van der Waals surface area contributed by atoms with Gasteiger partial charge in [0, 0.05) is 12.6 Å². The van der Waals surface area contributed by atoms with Crippen molar-refractivity contribution in [1.29, 1.82) is 0 Å². The van der Waals surface area contributed by atoms with Crippen LogP contribution in [0.4, 0.5) is 0 Å². The van der Waals surface area contributed by atoms with Crippen LogP contribution in [0.2, 0.25) is 0 Å². The van der Waals surface area contributed by atoms with E-state index < -0.39 is 0 Å². The quantitative estimate of drug-likeness (QED) is 0.611. The lowest BCUT2D eigenvalue weighted by Gasteiger charge is -2.15. The summed E-state index contributed by atoms with van der Waals surface area (Å²) < 4.78 is 0. The van der Waals surface area contributed by atoms with Gasteiger partial charge in [0.25, 0.3) is 0 Å². The highest BCUT2D eigenvalue weighted by Gasteiger charge is 2.21. The molecular weight excluding hydrogens is 126 g/mol. The Balaban J connectivity index is 2.14. The number of nitrogens with one attached hydrogen (secondary N) is 1. The van der Waals surface area contributed by atoms with Crippen molar-refractivity contribution in [2.24, 2.45) is 5.92 Å². The normalized spacial score (nSPS) is 33.0. The Bertz CT molecular complexity index is 95.3. The molecule has 60 valence electrons. The zero-order chi connectivity index (χ0) is 7.40. The predicted octanol–water partition coefficient (Wildman–Crippen LogP) is 0.757. The van der Waals surface area contributed by atoms with Crippen LogP contribution in [0, 0.1) is 5.92 Å². The van der Waals surface area contributed by atoms with Gasteiger partial charge in [0.05, 0.1) is 6.61 Å². The molecule has 1 saturated carbocycles. The molecule has 1 rings (SSSR count). The summed E-state index contributed by atoms with van der Waals surface area (Å²) in [4.78, 5) is 0. The van der Waals surface area contributed by atoms with Crippen molar-refractivity contribution in [3.05, 3.63) is 0 Å². The summed E-state index contributed by atoms with van der Waals surface area (Å²) in [5, 5.41) is 11.9. The van der Waals surface area contributed by atoms with Gasteiger partial charge in [0.15, 0.2) is 0 Å². The summed E-state index contributed by atoms with van der Waals surface area (Å²) in [6, 6.07) is 0.673. The van der Waals surface area contributed by atoms with E-state index in [1.165, 1.54) is 19.3 Å². The van der Waals surface area contributed by atoms with E-state index in [1.54, 1.807) is 0 Å². The van der Waals surface area contributed by atoms with E-state index in [9.17, 15) is 0 Å². The first-order valence-electron chi connectivity index (χ1n) is 4.19. The lowest BCUT2D eigenvalue weighted by molar-refractivity contribution is 0.277. The molecule has 0 aromatic heterocycles. The maximum Gasteiger partial charge on any atom is 0.0556 e. The molecule has 2 N–H and O–H groups in total. The Hall–Kier alpha value is -0.0800. The zero-order valence-corrected chi connectivity index (χ0v) is 6.64. The van der Waals surface area contributed by atoms with Crippen molar-refractivity contribution in [3.63, 3.8) is 0 Å². The first kappa shape index (κ1) is 8.02. The first-order valence-corrected chi connectivity index (χ1v) is 4.19. The van der Waals surface area contributed by atoms with Crippen molar-refractivity contribution in [3.8, 4) is 0 Å². The molecule has 0 saturated heterocycles. The van der Waals surface area contributed by atoms with E-state index in [-0.39, 0.29) is 6.61 Å². The van der Waals surface area contributed by atoms with Crippen LogP contribution < -0.4 is 5.32 Å². The molecule has 0 unspecified atom stereocenters. The van der Waals surface area contributed by atoms with Crippen LogP contribution in [0.15, 0.2) is 0 Å². The van der Waals surface area contributed by atoms with E-state index >= 15 is 0 Å². The van der Waals surface area contributed by atoms with E-state index in [1.807, 2.05) is 0 Å². The number of rotatable bonds is 3. The molecule has 0 heterocycles. The van der Waals surface area contributed by atoms with Gasteiger partial charge in [-0.3, -0.25) is 0 Å². The van der Waals surface area contributed by atoms with Crippen LogP contribution in [-0.2, 0) is 0 Å². The van der Waals surface area contributed by atoms with Gasteiger partial charge in [-0.05, 0) is 18.8 Å². The summed E-state index contributed by atoms with van der Waals surface area (Å²) in [5.41, 5.74) is 0. The van der Waals surface area contributed by atoms with Gasteiger partial charge in [0.2, 0.25) is 0 Å². The van der Waals surface area contributed by atoms with Crippen LogP contribution >= 0.6 is 0 Å². The zero-order valence-electron chi connectivity index (χ0n) is 6.64. The fourth-order valence-electron chi connectivity index (χ4n) is 1.70. The van der Waals surface area contributed by atoms with Gasteiger partial charge in [-0.1, -0.05) is 13.3 Å². The van der Waals surface area contributed by atoms with Crippen LogP contribution in [0.3, 0.4) is 0 Å². The van der Waals surface area contributed by atoms with Crippen LogP contribution in [-0.4, -0.2) is 24.3 Å². The van der Waals surface area contributed by atoms with Crippen LogP contribution in [0.25, 0.3) is 0 Å². The molecule has 0 spiro atoms. The highest BCUT2D eigenvalue weighted by molar-refractivity contribution is 4.79. The standard InChI is InChI=1S/C8H17NO/c1-7-3-2-4-8(7)9-5-6-10/h7-10H,2-6H2,1H3/t7-,8+/m1/s1. The summed E-state index contributed by atoms with van der Waals surface area (Å²) in [7, 11) is 0. The van der Waals surface area contributed by atoms with Gasteiger partial charge in [-0.25, -0.2) is 0 Å². The molecule has 0 aromatic rings. The molecule has 10 heavy (non-hydrogen) atoms. The highest BCUT2D eigenvalue weighted by Crippen LogP contribution is 2.24. The largest absolute Gasteiger partial charge is 0.395 e. The Labute approximate surface area is 62.6 Å². The second-order valence-electron chi connectivity index (χ2n) is 3.19. The lowest BCUT2D eigenvalue weighted by atomic mass is 10.1. The first-order chi connectivity index (χ1) is 4.84. The molecule has 2 nitrogen and oxygen atoms in total. The van der Waals surface area contributed by atoms with E-state index in [2.05, 4.69) is 12.2 Å². The fourth-order valence-corrected chi connectivity index (χ4v) is 1.70. The molecule has 1 fully saturated rings. The summed E-state index contributed by atoms with van der Waals surface area (Å²) in [5.74, 6) is 0.812. The van der Waals surface area contributed by atoms with E-state index in [0.717, 1.165) is 12.5 Å². The smallest absolute Gasteiger partial charge is 0.0556 e. The number of aliphatic hydroxyl groups is 1. The fraction of sp³-hybridized carbons (Fsp3) is 1.00. The third-order valence-electron chi connectivity index (χ3n) is 2.38. The maximum atomic E-state index is 8.55. The van der Waals surface area contributed by atoms with Gasteiger partial charge >= 0.3 is 0 Å². The SMILES string of the molecule is C[C@@H]1CCC[C@@H]1NCCO. The monoisotopic (exact) mass is 143 g/mol. The van der Waals surface area contributed by atoms with Crippen LogP contribution in [0.1, 0.15) is 26.2 Å². The number of hydrogen-bond donors (Lipinski definition) is 2. The molecule has 1 aliphatic rings. The van der Waals surface area contributed by atoms with Crippen molar-refractivity contribution < 1.29 is 5.11 Å². The average molecular weight is 143 g/mol. The Morgan fingerprint density at radius 1 is 1.50 bits per heavy atom. The predicted molar refractivity (Wildman–Crippen MR) is 41.9 cm³/mol. The van der Waals surface area contributed by atoms with E-state index in [4.69, 9.17) is 5.11 Å². The van der Waals surface area contributed by atoms with Crippen molar-refractivity contribution >= 4 is 0 Å². The topological polar surface area (TPSA) is 32.3 Å². The summed E-state index contributed by atoms with van der Waals surface area (Å²) >= 11 is 0. The molecule has 1 aliphatic carbocycles. The van der Waals surface area contributed by atoms with Gasteiger partial charge in [-0.2, -0.15) is 0 Å². The lowest BCUT2D eigenvalue weighted by Crippen LogP contribution is -2.33. The van der Waals surface area contributed by atoms with Crippen molar-refractivity contribution in [1.82, 2.24) is 5.32 Å². The summed E-state index contributed by atoms with van der Waals surface area (Å²) in [6.07, 6.45) is 3.99. The Morgan fingerprint density at radius 2 is 2.30 bits per heavy atom. The molecule has 2 atom stereocenters. The Morgan fingerprint density at radius 3 is 2.80 bits per heavy atom. The summed E-state index contributed by atoms with van der Waals surface area (Å²) in [6.45, 7) is 3.31. The molecule has 0 amide bonds. The van der Waals surface area contributed by atoms with Crippen LogP contribution in [0.5, 0.6) is 0 Å². The third kappa shape index (κ3) is 1.96. The minimum Gasteiger partial charge on any atom is -0.395 e. The second-order valence-corrected chi connectivity index (χ2v) is 3.19. The number of aliphatic hydroxyl groups excluding tert-OH is 1. The minimum absolute atomic E-state index is 0.267. The Kier molecular flexibility index (Phi) is 3.16. The second kappa shape index (κ2) is 3.94.